The predicted octanol–water partition coefficient (Wildman–Crippen LogP) is 17.5. The predicted molar refractivity (Wildman–Crippen MR) is 457 cm³/mol. The van der Waals surface area contributed by atoms with Crippen molar-refractivity contribution in [1.82, 2.24) is 128 Å². The van der Waals surface area contributed by atoms with E-state index >= 15 is 0 Å². The molecule has 24 rings (SSSR count). The van der Waals surface area contributed by atoms with Gasteiger partial charge in [0.25, 0.3) is 5.78 Å². The Hall–Kier alpha value is -17.0. The van der Waals surface area contributed by atoms with Gasteiger partial charge in [-0.15, -0.1) is 0 Å². The molecule has 20 heterocycles. The third kappa shape index (κ3) is 24.2. The van der Waals surface area contributed by atoms with Crippen molar-refractivity contribution in [3.63, 3.8) is 0 Å². The van der Waals surface area contributed by atoms with Crippen molar-refractivity contribution in [2.75, 3.05) is 0 Å². The normalized spacial score (nSPS) is 10.1. The lowest BCUT2D eigenvalue weighted by Crippen LogP contribution is -1.89. The molecule has 0 atom stereocenters. The van der Waals surface area contributed by atoms with Gasteiger partial charge in [0.05, 0.1) is 69.6 Å². The van der Waals surface area contributed by atoms with E-state index in [1.807, 2.05) is 277 Å². The van der Waals surface area contributed by atoms with E-state index in [0.29, 0.717) is 5.78 Å². The summed E-state index contributed by atoms with van der Waals surface area (Å²) in [6, 6.07) is 71.0. The summed E-state index contributed by atoms with van der Waals surface area (Å²) >= 11 is 0. The highest BCUT2D eigenvalue weighted by Crippen LogP contribution is 2.14. The number of benzene rings is 4. The lowest BCUT2D eigenvalue weighted by Gasteiger charge is -1.91. The molecule has 0 saturated heterocycles. The van der Waals surface area contributed by atoms with Crippen LogP contribution in [-0.4, -0.2) is 128 Å². The summed E-state index contributed by atoms with van der Waals surface area (Å²) in [5.41, 5.74) is 8.60. The van der Waals surface area contributed by atoms with Gasteiger partial charge in [0.2, 0.25) is 5.78 Å². The van der Waals surface area contributed by atoms with Crippen LogP contribution in [0.3, 0.4) is 0 Å². The van der Waals surface area contributed by atoms with Gasteiger partial charge in [0.15, 0.2) is 11.3 Å². The van der Waals surface area contributed by atoms with Gasteiger partial charge in [-0.25, -0.2) is 59.3 Å². The molecule has 20 aromatic heterocycles. The molecule has 0 aliphatic rings. The number of pyridine rings is 12. The fraction of sp³-hybridized carbons (Fsp3) is 0. The molecule has 26 nitrogen and oxygen atoms in total. The highest BCUT2D eigenvalue weighted by Gasteiger charge is 1.97. The molecule has 0 aliphatic carbocycles. The number of hydrogen-bond donors (Lipinski definition) is 0. The molecule has 0 radical (unpaired) electrons. The maximum Gasteiger partial charge on any atom is 0.250 e. The minimum absolute atomic E-state index is 0.637. The molecule has 0 saturated carbocycles. The molecule has 0 fully saturated rings. The van der Waals surface area contributed by atoms with Crippen LogP contribution in [0.4, 0.5) is 0 Å². The minimum Gasteiger partial charge on any atom is -0.304 e. The Labute approximate surface area is 669 Å². The molecule has 0 spiro atoms. The first-order chi connectivity index (χ1) is 58.1. The summed E-state index contributed by atoms with van der Waals surface area (Å²) < 4.78 is 5.38. The van der Waals surface area contributed by atoms with Crippen molar-refractivity contribution in [3.8, 4) is 0 Å². The summed E-state index contributed by atoms with van der Waals surface area (Å²) in [5.74, 6) is 1.38. The molecule has 26 heteroatoms. The summed E-state index contributed by atoms with van der Waals surface area (Å²) in [5, 5.41) is 15.3. The van der Waals surface area contributed by atoms with E-state index in [0.717, 1.165) is 93.4 Å². The van der Waals surface area contributed by atoms with E-state index < -0.39 is 0 Å². The second-order valence-electron chi connectivity index (χ2n) is 24.1. The van der Waals surface area contributed by atoms with Crippen molar-refractivity contribution < 1.29 is 0 Å². The van der Waals surface area contributed by atoms with Gasteiger partial charge in [-0.3, -0.25) is 59.2 Å². The van der Waals surface area contributed by atoms with E-state index in [-0.39, 0.29) is 0 Å². The van der Waals surface area contributed by atoms with Crippen LogP contribution in [0.1, 0.15) is 0 Å². The average molecular weight is 1530 g/mol. The summed E-state index contributed by atoms with van der Waals surface area (Å²) in [6.07, 6.45) is 59.9. The van der Waals surface area contributed by atoms with Crippen molar-refractivity contribution in [1.29, 1.82) is 0 Å². The Kier molecular flexibility index (Phi) is 29.0. The first kappa shape index (κ1) is 78.1. The van der Waals surface area contributed by atoms with E-state index in [2.05, 4.69) is 139 Å². The minimum atomic E-state index is 0.637. The monoisotopic (exact) mass is 1530 g/mol. The van der Waals surface area contributed by atoms with Crippen molar-refractivity contribution in [2.24, 2.45) is 0 Å². The highest BCUT2D eigenvalue weighted by atomic mass is 15.3. The molecule has 4 aromatic carbocycles. The third-order valence-corrected chi connectivity index (χ3v) is 16.3. The number of imidazole rings is 3. The lowest BCUT2D eigenvalue weighted by molar-refractivity contribution is 0.902. The first-order valence-electron chi connectivity index (χ1n) is 36.3. The van der Waals surface area contributed by atoms with Crippen LogP contribution in [0.15, 0.2) is 429 Å². The Balaban J connectivity index is 0.000000111. The molecule has 0 aliphatic heterocycles. The molecule has 0 bridgehead atoms. The lowest BCUT2D eigenvalue weighted by atomic mass is 10.2. The Morgan fingerprint density at radius 3 is 1.10 bits per heavy atom. The summed E-state index contributed by atoms with van der Waals surface area (Å²) in [6.45, 7) is 0. The van der Waals surface area contributed by atoms with Crippen LogP contribution < -0.4 is 0 Å². The maximum absolute atomic E-state index is 4.18. The zero-order valence-corrected chi connectivity index (χ0v) is 62.5. The van der Waals surface area contributed by atoms with E-state index in [9.17, 15) is 0 Å². The maximum atomic E-state index is 4.18. The van der Waals surface area contributed by atoms with Gasteiger partial charge >= 0.3 is 0 Å². The SMILES string of the molecule is c1cc2cnccc2cn1.c1ccc2cnccc2c1.c1ccc2ncccc2c1.c1ccc2ncncc2c1.c1ccc2ncncc2c1.c1cn2ccnc2cn1.c1cnc2cccnc2c1.c1cnc2ccncc2c1.c1cnc2cnccc2c1.c1cnc2ncccc2c1.c1cnc2nccn2c1.c1cnn2ccnc2n1. The van der Waals surface area contributed by atoms with E-state index in [1.54, 1.807) is 141 Å². The van der Waals surface area contributed by atoms with Gasteiger partial charge in [-0.2, -0.15) is 5.10 Å². The largest absolute Gasteiger partial charge is 0.304 e. The van der Waals surface area contributed by atoms with Gasteiger partial charge in [0, 0.05) is 210 Å². The molecule has 0 unspecified atom stereocenters. The molecule has 564 valence electrons. The van der Waals surface area contributed by atoms with Gasteiger partial charge < -0.3 is 4.40 Å². The molecular formula is C91H70N26. The van der Waals surface area contributed by atoms with Crippen LogP contribution in [0.2, 0.25) is 0 Å². The van der Waals surface area contributed by atoms with Crippen LogP contribution in [0, 0.1) is 0 Å². The summed E-state index contributed by atoms with van der Waals surface area (Å²) in [4.78, 5) is 88.4. The molecular weight excluding hydrogens is 1460 g/mol. The number of para-hydroxylation sites is 3. The van der Waals surface area contributed by atoms with Crippen molar-refractivity contribution in [2.45, 2.75) is 0 Å². The number of fused-ring (bicyclic) bond motifs is 12. The average Bonchev–Trinajstić information content (AvgIpc) is 1.63. The quantitative estimate of drug-likeness (QED) is 0.136. The van der Waals surface area contributed by atoms with Crippen LogP contribution in [0.5, 0.6) is 0 Å². The van der Waals surface area contributed by atoms with E-state index in [4.69, 9.17) is 0 Å². The van der Waals surface area contributed by atoms with Crippen LogP contribution >= 0.6 is 0 Å². The standard InChI is InChI=1S/2C9H7N.7C8H6N2.2C6H5N3.C5H4N4/c1-2-6-9-8(4-1)5-3-7-10-9;1-2-4-9-7-10-6-5-8(9)3-1;1-3-9-6-8-2-4-10-5-7(1)8;1-3-7-8(9-5-1)4-2-6-10-7;1-3-7-4-2-6-10-8(7)9-5-1;1-2-7-6-9-5-3-8(7)10-4-1;1-2-7-3-5-9-6-8(7)10-4-1;2*1-2-4-8-7(3-1)5-9-6-10-8;1-3-9-4-2-8-6(9)5-7-1;1-2-7-6-8-3-5-9(6)4-1;1-2-8-9-4-3-7-5(9)6-1/h2*1-7H;7*1-6H;2*1-5H;1-4H. The second-order valence-corrected chi connectivity index (χ2v) is 24.1. The van der Waals surface area contributed by atoms with E-state index in [1.165, 1.54) is 16.2 Å². The van der Waals surface area contributed by atoms with Crippen molar-refractivity contribution in [3.05, 3.63) is 429 Å². The number of nitrogens with zero attached hydrogens (tertiary/aromatic N) is 26. The zero-order valence-electron chi connectivity index (χ0n) is 62.5. The molecule has 117 heavy (non-hydrogen) atoms. The Morgan fingerprint density at radius 2 is 0.538 bits per heavy atom. The number of rotatable bonds is 0. The van der Waals surface area contributed by atoms with Crippen LogP contribution in [0.25, 0.3) is 115 Å². The molecule has 24 aromatic rings. The fourth-order valence-electron chi connectivity index (χ4n) is 10.7. The van der Waals surface area contributed by atoms with Crippen molar-refractivity contribution >= 4 is 115 Å². The number of aromatic nitrogens is 26. The second kappa shape index (κ2) is 43.4. The van der Waals surface area contributed by atoms with Gasteiger partial charge in [-0.1, -0.05) is 91.0 Å². The highest BCUT2D eigenvalue weighted by molar-refractivity contribution is 5.83. The smallest absolute Gasteiger partial charge is 0.250 e. The van der Waals surface area contributed by atoms with Gasteiger partial charge in [-0.05, 0) is 138 Å². The Morgan fingerprint density at radius 1 is 0.171 bits per heavy atom. The first-order valence-corrected chi connectivity index (χ1v) is 36.3. The summed E-state index contributed by atoms with van der Waals surface area (Å²) in [7, 11) is 0. The number of hydrogen-bond acceptors (Lipinski definition) is 23. The molecule has 0 amide bonds. The van der Waals surface area contributed by atoms with Crippen LogP contribution in [-0.2, 0) is 0 Å². The fourth-order valence-corrected chi connectivity index (χ4v) is 10.7. The molecule has 0 N–H and O–H groups in total. The third-order valence-electron chi connectivity index (χ3n) is 16.3. The zero-order chi connectivity index (χ0) is 79.6. The van der Waals surface area contributed by atoms with Gasteiger partial charge in [0.1, 0.15) is 12.7 Å². The Bertz CT molecular complexity index is 5190. The topological polar surface area (TPSA) is 310 Å².